The summed E-state index contributed by atoms with van der Waals surface area (Å²) in [5.41, 5.74) is 0.864. The number of carbonyl (C=O) groups is 1. The summed E-state index contributed by atoms with van der Waals surface area (Å²) in [5.74, 6) is 0.252. The van der Waals surface area contributed by atoms with Crippen molar-refractivity contribution in [1.29, 1.82) is 0 Å². The Bertz CT molecular complexity index is 364. The highest BCUT2D eigenvalue weighted by atomic mass is 16.5. The van der Waals surface area contributed by atoms with Crippen LogP contribution in [0.2, 0.25) is 0 Å². The summed E-state index contributed by atoms with van der Waals surface area (Å²) in [7, 11) is 0. The predicted molar refractivity (Wildman–Crippen MR) is 57.0 cm³/mol. The van der Waals surface area contributed by atoms with Gasteiger partial charge in [0.25, 0.3) is 0 Å². The number of para-hydroxylation sites is 1. The molecular formula is C12H12O2. The van der Waals surface area contributed by atoms with Crippen LogP contribution in [0.3, 0.4) is 0 Å². The van der Waals surface area contributed by atoms with Gasteiger partial charge in [-0.1, -0.05) is 43.0 Å². The largest absolute Gasteiger partial charge is 0.426 e. The molecule has 0 aliphatic rings. The first kappa shape index (κ1) is 10.3. The summed E-state index contributed by atoms with van der Waals surface area (Å²) in [6, 6.07) is 7.34. The summed E-state index contributed by atoms with van der Waals surface area (Å²) in [5, 5.41) is 0. The third kappa shape index (κ3) is 2.90. The van der Waals surface area contributed by atoms with Crippen LogP contribution in [0.15, 0.2) is 43.0 Å². The third-order valence-corrected chi connectivity index (χ3v) is 1.58. The number of allylic oxidation sites excluding steroid dienone is 2. The lowest BCUT2D eigenvalue weighted by Crippen LogP contribution is -2.02. The fourth-order valence-corrected chi connectivity index (χ4v) is 1.04. The van der Waals surface area contributed by atoms with E-state index in [4.69, 9.17) is 4.74 Å². The van der Waals surface area contributed by atoms with Gasteiger partial charge >= 0.3 is 5.97 Å². The summed E-state index contributed by atoms with van der Waals surface area (Å²) in [6.45, 7) is 4.95. The third-order valence-electron chi connectivity index (χ3n) is 1.58. The molecule has 1 rings (SSSR count). The Balaban J connectivity index is 2.96. The Kier molecular flexibility index (Phi) is 3.68. The number of carbonyl (C=O) groups excluding carboxylic acids is 1. The normalized spacial score (nSPS) is 10.1. The van der Waals surface area contributed by atoms with E-state index in [1.807, 2.05) is 24.3 Å². The maximum absolute atomic E-state index is 10.8. The molecular weight excluding hydrogens is 176 g/mol. The Morgan fingerprint density at radius 2 is 2.14 bits per heavy atom. The van der Waals surface area contributed by atoms with Gasteiger partial charge in [-0.2, -0.15) is 0 Å². The van der Waals surface area contributed by atoms with E-state index in [1.54, 1.807) is 18.2 Å². The van der Waals surface area contributed by atoms with Crippen LogP contribution in [-0.2, 0) is 4.79 Å². The fourth-order valence-electron chi connectivity index (χ4n) is 1.04. The number of benzene rings is 1. The minimum absolute atomic E-state index is 0.315. The van der Waals surface area contributed by atoms with Gasteiger partial charge in [0.1, 0.15) is 5.75 Å². The smallest absolute Gasteiger partial charge is 0.308 e. The number of ether oxygens (including phenoxy) is 1. The molecule has 0 radical (unpaired) electrons. The summed E-state index contributed by atoms with van der Waals surface area (Å²) in [6.07, 6.45) is 5.30. The predicted octanol–water partition coefficient (Wildman–Crippen LogP) is 2.81. The molecule has 0 N–H and O–H groups in total. The van der Waals surface area contributed by atoms with Gasteiger partial charge in [-0.05, 0) is 6.07 Å². The zero-order valence-electron chi connectivity index (χ0n) is 8.07. The molecule has 72 valence electrons. The number of esters is 1. The van der Waals surface area contributed by atoms with Crippen molar-refractivity contribution in [2.45, 2.75) is 6.92 Å². The molecule has 0 unspecified atom stereocenters. The molecule has 1 aromatic rings. The zero-order chi connectivity index (χ0) is 10.4. The molecule has 0 atom stereocenters. The first-order chi connectivity index (χ1) is 6.74. The minimum atomic E-state index is -0.315. The Hall–Kier alpha value is -1.83. The maximum atomic E-state index is 10.8. The summed E-state index contributed by atoms with van der Waals surface area (Å²) < 4.78 is 5.02. The molecule has 0 bridgehead atoms. The van der Waals surface area contributed by atoms with Crippen molar-refractivity contribution in [1.82, 2.24) is 0 Å². The fraction of sp³-hybridized carbons (Fsp3) is 0.0833. The van der Waals surface area contributed by atoms with Crippen LogP contribution in [0.4, 0.5) is 0 Å². The molecule has 0 spiro atoms. The lowest BCUT2D eigenvalue weighted by atomic mass is 10.2. The SMILES string of the molecule is C=CC=Cc1ccccc1OC(C)=O. The van der Waals surface area contributed by atoms with Gasteiger partial charge in [0.05, 0.1) is 0 Å². The van der Waals surface area contributed by atoms with Gasteiger partial charge < -0.3 is 4.74 Å². The van der Waals surface area contributed by atoms with E-state index < -0.39 is 0 Å². The molecule has 0 aliphatic heterocycles. The highest BCUT2D eigenvalue weighted by Gasteiger charge is 2.01. The topological polar surface area (TPSA) is 26.3 Å². The van der Waals surface area contributed by atoms with Gasteiger partial charge in [-0.25, -0.2) is 0 Å². The summed E-state index contributed by atoms with van der Waals surface area (Å²) in [4.78, 5) is 10.8. The van der Waals surface area contributed by atoms with Crippen molar-refractivity contribution >= 4 is 12.0 Å². The average Bonchev–Trinajstić information content (AvgIpc) is 2.16. The van der Waals surface area contributed by atoms with Crippen molar-refractivity contribution in [2.24, 2.45) is 0 Å². The van der Waals surface area contributed by atoms with Gasteiger partial charge in [-0.15, -0.1) is 0 Å². The Labute approximate surface area is 83.5 Å². The van der Waals surface area contributed by atoms with Crippen molar-refractivity contribution < 1.29 is 9.53 Å². The van der Waals surface area contributed by atoms with E-state index in [0.717, 1.165) is 5.56 Å². The molecule has 0 heterocycles. The molecule has 2 heteroatoms. The lowest BCUT2D eigenvalue weighted by molar-refractivity contribution is -0.131. The van der Waals surface area contributed by atoms with Gasteiger partial charge in [-0.3, -0.25) is 4.79 Å². The van der Waals surface area contributed by atoms with E-state index in [-0.39, 0.29) is 5.97 Å². The van der Waals surface area contributed by atoms with Crippen LogP contribution in [0.5, 0.6) is 5.75 Å². The zero-order valence-corrected chi connectivity index (χ0v) is 8.07. The second kappa shape index (κ2) is 5.02. The minimum Gasteiger partial charge on any atom is -0.426 e. The first-order valence-electron chi connectivity index (χ1n) is 4.30. The van der Waals surface area contributed by atoms with E-state index in [2.05, 4.69) is 6.58 Å². The molecule has 14 heavy (non-hydrogen) atoms. The van der Waals surface area contributed by atoms with Crippen LogP contribution in [-0.4, -0.2) is 5.97 Å². The van der Waals surface area contributed by atoms with Crippen LogP contribution in [0.25, 0.3) is 6.08 Å². The van der Waals surface area contributed by atoms with Crippen molar-refractivity contribution in [3.8, 4) is 5.75 Å². The molecule has 2 nitrogen and oxygen atoms in total. The Morgan fingerprint density at radius 3 is 2.79 bits per heavy atom. The average molecular weight is 188 g/mol. The van der Waals surface area contributed by atoms with E-state index in [0.29, 0.717) is 5.75 Å². The second-order valence-electron chi connectivity index (χ2n) is 2.73. The number of hydrogen-bond donors (Lipinski definition) is 0. The standard InChI is InChI=1S/C12H12O2/c1-3-4-7-11-8-5-6-9-12(11)14-10(2)13/h3-9H,1H2,2H3. The van der Waals surface area contributed by atoms with Crippen LogP contribution in [0.1, 0.15) is 12.5 Å². The molecule has 0 aromatic heterocycles. The second-order valence-corrected chi connectivity index (χ2v) is 2.73. The van der Waals surface area contributed by atoms with Crippen molar-refractivity contribution in [3.05, 3.63) is 48.6 Å². The van der Waals surface area contributed by atoms with E-state index in [9.17, 15) is 4.79 Å². The molecule has 0 fully saturated rings. The maximum Gasteiger partial charge on any atom is 0.308 e. The van der Waals surface area contributed by atoms with Crippen LogP contribution < -0.4 is 4.74 Å². The lowest BCUT2D eigenvalue weighted by Gasteiger charge is -2.04. The van der Waals surface area contributed by atoms with Gasteiger partial charge in [0.15, 0.2) is 0 Å². The van der Waals surface area contributed by atoms with Crippen LogP contribution >= 0.6 is 0 Å². The summed E-state index contributed by atoms with van der Waals surface area (Å²) >= 11 is 0. The quantitative estimate of drug-likeness (QED) is 0.414. The molecule has 0 saturated heterocycles. The Morgan fingerprint density at radius 1 is 1.43 bits per heavy atom. The number of rotatable bonds is 3. The van der Waals surface area contributed by atoms with Crippen molar-refractivity contribution in [3.63, 3.8) is 0 Å². The van der Waals surface area contributed by atoms with Crippen LogP contribution in [0, 0.1) is 0 Å². The molecule has 0 amide bonds. The first-order valence-corrected chi connectivity index (χ1v) is 4.30. The highest BCUT2D eigenvalue weighted by Crippen LogP contribution is 2.19. The highest BCUT2D eigenvalue weighted by molar-refractivity contribution is 5.71. The van der Waals surface area contributed by atoms with Crippen molar-refractivity contribution in [2.75, 3.05) is 0 Å². The molecule has 0 aliphatic carbocycles. The molecule has 0 saturated carbocycles. The number of hydrogen-bond acceptors (Lipinski definition) is 2. The van der Waals surface area contributed by atoms with E-state index in [1.165, 1.54) is 6.92 Å². The van der Waals surface area contributed by atoms with Gasteiger partial charge in [0, 0.05) is 12.5 Å². The van der Waals surface area contributed by atoms with Gasteiger partial charge in [0.2, 0.25) is 0 Å². The van der Waals surface area contributed by atoms with E-state index >= 15 is 0 Å². The monoisotopic (exact) mass is 188 g/mol. The molecule has 1 aromatic carbocycles.